The molecule has 0 bridgehead atoms. The van der Waals surface area contributed by atoms with Crippen molar-refractivity contribution in [2.45, 2.75) is 11.8 Å². The topological polar surface area (TPSA) is 63.3 Å². The van der Waals surface area contributed by atoms with Crippen LogP contribution in [0.3, 0.4) is 0 Å². The number of hydrogen-bond acceptors (Lipinski definition) is 3. The molecule has 1 aromatic rings. The highest BCUT2D eigenvalue weighted by atomic mass is 35.5. The van der Waals surface area contributed by atoms with Crippen molar-refractivity contribution in [3.63, 3.8) is 0 Å². The van der Waals surface area contributed by atoms with Gasteiger partial charge in [0.1, 0.15) is 11.9 Å². The molecular weight excluding hydrogens is 253 g/mol. The third kappa shape index (κ3) is 4.00. The second-order valence-electron chi connectivity index (χ2n) is 3.20. The molecule has 0 heterocycles. The van der Waals surface area contributed by atoms with Gasteiger partial charge in [-0.25, -0.2) is 4.39 Å². The molecule has 16 heavy (non-hydrogen) atoms. The monoisotopic (exact) mass is 263 g/mol. The zero-order chi connectivity index (χ0) is 12.1. The number of carbonyl (C=O) groups is 1. The van der Waals surface area contributed by atoms with Crippen molar-refractivity contribution in [2.75, 3.05) is 5.75 Å². The summed E-state index contributed by atoms with van der Waals surface area (Å²) >= 11 is 6.87. The van der Waals surface area contributed by atoms with Crippen LogP contribution in [-0.4, -0.2) is 22.9 Å². The molecule has 3 nitrogen and oxygen atoms in total. The molecule has 0 fully saturated rings. The first-order chi connectivity index (χ1) is 7.50. The lowest BCUT2D eigenvalue weighted by atomic mass is 10.2. The first-order valence-electron chi connectivity index (χ1n) is 4.50. The Kier molecular flexibility index (Phi) is 5.05. The van der Waals surface area contributed by atoms with E-state index in [-0.39, 0.29) is 11.6 Å². The van der Waals surface area contributed by atoms with E-state index in [9.17, 15) is 9.18 Å². The maximum Gasteiger partial charge on any atom is 0.321 e. The molecule has 0 spiro atoms. The van der Waals surface area contributed by atoms with Crippen molar-refractivity contribution in [1.29, 1.82) is 0 Å². The van der Waals surface area contributed by atoms with Crippen molar-refractivity contribution < 1.29 is 14.3 Å². The summed E-state index contributed by atoms with van der Waals surface area (Å²) in [5, 5.41) is 8.88. The van der Waals surface area contributed by atoms with Crippen molar-refractivity contribution in [2.24, 2.45) is 5.73 Å². The molecule has 0 amide bonds. The fraction of sp³-hybridized carbons (Fsp3) is 0.300. The Morgan fingerprint density at radius 1 is 1.62 bits per heavy atom. The smallest absolute Gasteiger partial charge is 0.321 e. The minimum absolute atomic E-state index is 0.247. The van der Waals surface area contributed by atoms with Crippen LogP contribution >= 0.6 is 23.4 Å². The Bertz CT molecular complexity index is 389. The van der Waals surface area contributed by atoms with Crippen LogP contribution < -0.4 is 5.73 Å². The Balaban J connectivity index is 2.46. The van der Waals surface area contributed by atoms with E-state index >= 15 is 0 Å². The van der Waals surface area contributed by atoms with E-state index in [1.165, 1.54) is 17.8 Å². The van der Waals surface area contributed by atoms with Crippen LogP contribution in [0.1, 0.15) is 5.56 Å². The number of benzene rings is 1. The summed E-state index contributed by atoms with van der Waals surface area (Å²) in [6, 6.07) is 3.49. The molecule has 0 aromatic heterocycles. The predicted octanol–water partition coefficient (Wildman–Crippen LogP) is 2.12. The second-order valence-corrected chi connectivity index (χ2v) is 4.66. The van der Waals surface area contributed by atoms with Gasteiger partial charge in [-0.15, -0.1) is 0 Å². The number of halogens is 2. The Hall–Kier alpha value is -0.780. The molecular formula is C10H11ClFNO2S. The number of aliphatic carboxylic acids is 1. The van der Waals surface area contributed by atoms with Gasteiger partial charge < -0.3 is 10.8 Å². The molecule has 6 heteroatoms. The number of rotatable bonds is 5. The van der Waals surface area contributed by atoms with E-state index in [1.54, 1.807) is 12.1 Å². The molecule has 0 saturated carbocycles. The lowest BCUT2D eigenvalue weighted by molar-refractivity contribution is -0.137. The van der Waals surface area contributed by atoms with Gasteiger partial charge in [0.15, 0.2) is 0 Å². The maximum absolute atomic E-state index is 13.3. The van der Waals surface area contributed by atoms with Crippen LogP contribution in [0.4, 0.5) is 4.39 Å². The van der Waals surface area contributed by atoms with Gasteiger partial charge in [0, 0.05) is 16.5 Å². The first kappa shape index (κ1) is 13.3. The zero-order valence-electron chi connectivity index (χ0n) is 8.32. The molecule has 0 radical (unpaired) electrons. The SMILES string of the molecule is NC(CSCc1ccc(Cl)cc1F)C(=O)O. The van der Waals surface area contributed by atoms with Gasteiger partial charge in [-0.05, 0) is 17.7 Å². The van der Waals surface area contributed by atoms with E-state index in [4.69, 9.17) is 22.4 Å². The highest BCUT2D eigenvalue weighted by molar-refractivity contribution is 7.98. The highest BCUT2D eigenvalue weighted by Gasteiger charge is 2.11. The minimum Gasteiger partial charge on any atom is -0.480 e. The molecule has 0 aliphatic rings. The van der Waals surface area contributed by atoms with E-state index in [1.807, 2.05) is 0 Å². The molecule has 0 aliphatic carbocycles. The molecule has 1 rings (SSSR count). The first-order valence-corrected chi connectivity index (χ1v) is 6.04. The maximum atomic E-state index is 13.3. The predicted molar refractivity (Wildman–Crippen MR) is 63.2 cm³/mol. The van der Waals surface area contributed by atoms with Crippen LogP contribution in [-0.2, 0) is 10.5 Å². The average molecular weight is 264 g/mol. The summed E-state index contributed by atoms with van der Waals surface area (Å²) in [7, 11) is 0. The Morgan fingerprint density at radius 3 is 2.88 bits per heavy atom. The summed E-state index contributed by atoms with van der Waals surface area (Å²) in [5.74, 6) is -0.811. The summed E-state index contributed by atoms with van der Waals surface area (Å²) in [5.41, 5.74) is 5.80. The van der Waals surface area contributed by atoms with Crippen LogP contribution in [0, 0.1) is 5.82 Å². The normalized spacial score (nSPS) is 12.4. The van der Waals surface area contributed by atoms with E-state index in [2.05, 4.69) is 0 Å². The number of carboxylic acids is 1. The van der Waals surface area contributed by atoms with Crippen molar-refractivity contribution in [3.05, 3.63) is 34.6 Å². The quantitative estimate of drug-likeness (QED) is 0.854. The largest absolute Gasteiger partial charge is 0.480 e. The Morgan fingerprint density at radius 2 is 2.31 bits per heavy atom. The number of thioether (sulfide) groups is 1. The van der Waals surface area contributed by atoms with Gasteiger partial charge in [0.2, 0.25) is 0 Å². The fourth-order valence-electron chi connectivity index (χ4n) is 1.01. The average Bonchev–Trinajstić information content (AvgIpc) is 2.20. The molecule has 3 N–H and O–H groups in total. The lowest BCUT2D eigenvalue weighted by Crippen LogP contribution is -2.32. The molecule has 88 valence electrons. The van der Waals surface area contributed by atoms with Crippen molar-refractivity contribution in [1.82, 2.24) is 0 Å². The van der Waals surface area contributed by atoms with Gasteiger partial charge >= 0.3 is 5.97 Å². The molecule has 1 aromatic carbocycles. The van der Waals surface area contributed by atoms with E-state index in [0.29, 0.717) is 16.3 Å². The van der Waals surface area contributed by atoms with Gasteiger partial charge in [0.05, 0.1) is 0 Å². The number of carboxylic acid groups (broad SMARTS) is 1. The third-order valence-electron chi connectivity index (χ3n) is 1.89. The fourth-order valence-corrected chi connectivity index (χ4v) is 2.13. The number of nitrogens with two attached hydrogens (primary N) is 1. The Labute approximate surface area is 102 Å². The molecule has 0 aliphatic heterocycles. The third-order valence-corrected chi connectivity index (χ3v) is 3.23. The summed E-state index contributed by atoms with van der Waals surface area (Å²) in [6.45, 7) is 0. The molecule has 1 unspecified atom stereocenters. The van der Waals surface area contributed by atoms with Gasteiger partial charge in [0.25, 0.3) is 0 Å². The molecule has 0 saturated heterocycles. The molecule has 1 atom stereocenters. The van der Waals surface area contributed by atoms with Crippen molar-refractivity contribution in [3.8, 4) is 0 Å². The lowest BCUT2D eigenvalue weighted by Gasteiger charge is -2.06. The zero-order valence-corrected chi connectivity index (χ0v) is 9.89. The minimum atomic E-state index is -1.05. The number of hydrogen-bond donors (Lipinski definition) is 2. The summed E-state index contributed by atoms with van der Waals surface area (Å²) < 4.78 is 13.3. The van der Waals surface area contributed by atoms with Crippen LogP contribution in [0.25, 0.3) is 0 Å². The van der Waals surface area contributed by atoms with Gasteiger partial charge in [-0.1, -0.05) is 17.7 Å². The van der Waals surface area contributed by atoms with Crippen LogP contribution in [0.15, 0.2) is 18.2 Å². The summed E-state index contributed by atoms with van der Waals surface area (Å²) in [6.07, 6.45) is 0. The standard InChI is InChI=1S/C10H11ClFNO2S/c11-7-2-1-6(8(12)3-7)4-16-5-9(13)10(14)15/h1-3,9H,4-5,13H2,(H,14,15). The highest BCUT2D eigenvalue weighted by Crippen LogP contribution is 2.19. The van der Waals surface area contributed by atoms with Gasteiger partial charge in [-0.2, -0.15) is 11.8 Å². The van der Waals surface area contributed by atoms with Crippen molar-refractivity contribution >= 4 is 29.3 Å². The second kappa shape index (κ2) is 6.08. The van der Waals surface area contributed by atoms with E-state index in [0.717, 1.165) is 0 Å². The van der Waals surface area contributed by atoms with Gasteiger partial charge in [-0.3, -0.25) is 4.79 Å². The summed E-state index contributed by atoms with van der Waals surface area (Å²) in [4.78, 5) is 10.4. The van der Waals surface area contributed by atoms with Crippen LogP contribution in [0.5, 0.6) is 0 Å². The van der Waals surface area contributed by atoms with E-state index < -0.39 is 12.0 Å². The van der Waals surface area contributed by atoms with Crippen LogP contribution in [0.2, 0.25) is 5.02 Å².